The van der Waals surface area contributed by atoms with Gasteiger partial charge in [-0.25, -0.2) is 9.97 Å². The highest BCUT2D eigenvalue weighted by Crippen LogP contribution is 2.34. The van der Waals surface area contributed by atoms with Gasteiger partial charge in [-0.3, -0.25) is 9.78 Å². The summed E-state index contributed by atoms with van der Waals surface area (Å²) in [5, 5.41) is 0.798. The van der Waals surface area contributed by atoms with Crippen LogP contribution in [-0.4, -0.2) is 51.9 Å². The summed E-state index contributed by atoms with van der Waals surface area (Å²) < 4.78 is 0. The van der Waals surface area contributed by atoms with E-state index in [0.717, 1.165) is 41.0 Å². The van der Waals surface area contributed by atoms with Gasteiger partial charge in [0.25, 0.3) is 5.91 Å². The average Bonchev–Trinajstić information content (AvgIpc) is 3.26. The molecule has 1 aliphatic heterocycles. The van der Waals surface area contributed by atoms with E-state index in [9.17, 15) is 4.79 Å². The van der Waals surface area contributed by atoms with E-state index in [1.807, 2.05) is 37.9 Å². The van der Waals surface area contributed by atoms with Crippen LogP contribution in [0.4, 0.5) is 11.5 Å². The van der Waals surface area contributed by atoms with Crippen molar-refractivity contribution in [2.45, 2.75) is 26.3 Å². The van der Waals surface area contributed by atoms with Crippen molar-refractivity contribution in [1.82, 2.24) is 19.9 Å². The Morgan fingerprint density at radius 1 is 1.30 bits per heavy atom. The monoisotopic (exact) mass is 382 g/mol. The molecule has 0 radical (unpaired) electrons. The molecule has 7 nitrogen and oxygen atoms in total. The fourth-order valence-corrected chi connectivity index (χ4v) is 4.88. The number of nitrogen functional groups attached to an aromatic ring is 1. The van der Waals surface area contributed by atoms with Gasteiger partial charge >= 0.3 is 0 Å². The molecular formula is C19H22N6OS. The fraction of sp³-hybridized carbons (Fsp3) is 0.368. The smallest absolute Gasteiger partial charge is 0.264 e. The molecule has 0 saturated carbocycles. The molecule has 8 heteroatoms. The number of nitrogens with zero attached hydrogens (tertiary/aromatic N) is 5. The Balaban J connectivity index is 1.57. The number of carbonyl (C=O) groups excluding carboxylic acids is 1. The van der Waals surface area contributed by atoms with E-state index < -0.39 is 0 Å². The molecule has 2 N–H and O–H groups in total. The van der Waals surface area contributed by atoms with Crippen LogP contribution in [0.1, 0.15) is 27.5 Å². The molecule has 1 amide bonds. The molecule has 3 aromatic heterocycles. The first-order valence-electron chi connectivity index (χ1n) is 8.91. The molecule has 4 heterocycles. The second-order valence-corrected chi connectivity index (χ2v) is 7.90. The number of aryl methyl sites for hydroxylation is 2. The molecule has 1 aliphatic rings. The van der Waals surface area contributed by atoms with Crippen LogP contribution in [0.2, 0.25) is 0 Å². The van der Waals surface area contributed by atoms with Crippen LogP contribution in [0.15, 0.2) is 24.5 Å². The van der Waals surface area contributed by atoms with Crippen molar-refractivity contribution in [3.63, 3.8) is 0 Å². The third kappa shape index (κ3) is 3.10. The Bertz CT molecular complexity index is 1000. The number of hydrogen-bond acceptors (Lipinski definition) is 7. The van der Waals surface area contributed by atoms with Gasteiger partial charge < -0.3 is 15.5 Å². The number of rotatable bonds is 3. The van der Waals surface area contributed by atoms with E-state index in [1.165, 1.54) is 11.3 Å². The number of fused-ring (bicyclic) bond motifs is 1. The zero-order valence-electron chi connectivity index (χ0n) is 15.6. The van der Waals surface area contributed by atoms with E-state index in [1.54, 1.807) is 12.4 Å². The van der Waals surface area contributed by atoms with Gasteiger partial charge in [-0.15, -0.1) is 11.3 Å². The topological polar surface area (TPSA) is 88.2 Å². The number of aromatic nitrogens is 3. The summed E-state index contributed by atoms with van der Waals surface area (Å²) in [5.41, 5.74) is 8.08. The summed E-state index contributed by atoms with van der Waals surface area (Å²) in [4.78, 5) is 31.6. The second kappa shape index (κ2) is 6.77. The van der Waals surface area contributed by atoms with Gasteiger partial charge in [0.2, 0.25) is 0 Å². The van der Waals surface area contributed by atoms with E-state index in [0.29, 0.717) is 16.5 Å². The number of carbonyl (C=O) groups is 1. The molecule has 1 fully saturated rings. The Kier molecular flexibility index (Phi) is 4.43. The lowest BCUT2D eigenvalue weighted by molar-refractivity contribution is 0.0749. The first-order chi connectivity index (χ1) is 13.0. The third-order valence-corrected chi connectivity index (χ3v) is 6.36. The highest BCUT2D eigenvalue weighted by atomic mass is 32.1. The van der Waals surface area contributed by atoms with Crippen LogP contribution in [0.25, 0.3) is 10.2 Å². The number of pyridine rings is 1. The van der Waals surface area contributed by atoms with Crippen molar-refractivity contribution in [3.8, 4) is 0 Å². The molecule has 27 heavy (non-hydrogen) atoms. The summed E-state index contributed by atoms with van der Waals surface area (Å²) >= 11 is 1.40. The summed E-state index contributed by atoms with van der Waals surface area (Å²) in [7, 11) is 1.88. The molecule has 4 rings (SSSR count). The number of likely N-dealkylation sites (N-methyl/N-ethyl adjacent to an activating group) is 1. The van der Waals surface area contributed by atoms with Crippen molar-refractivity contribution in [1.29, 1.82) is 0 Å². The van der Waals surface area contributed by atoms with E-state index in [4.69, 9.17) is 5.73 Å². The third-order valence-electron chi connectivity index (χ3n) is 5.18. The van der Waals surface area contributed by atoms with Crippen molar-refractivity contribution in [2.75, 3.05) is 30.8 Å². The predicted molar refractivity (Wildman–Crippen MR) is 108 cm³/mol. The SMILES string of the molecule is Cc1nc(N)c2c(C)c(C(=O)N(C)C3CCN(c4ccncc4)C3)sc2n1. The largest absolute Gasteiger partial charge is 0.383 e. The molecule has 1 unspecified atom stereocenters. The molecule has 0 aliphatic carbocycles. The number of nitrogens with two attached hydrogens (primary N) is 1. The Labute approximate surface area is 161 Å². The Morgan fingerprint density at radius 3 is 2.78 bits per heavy atom. The summed E-state index contributed by atoms with van der Waals surface area (Å²) in [6, 6.07) is 4.18. The molecule has 140 valence electrons. The minimum atomic E-state index is 0.0223. The van der Waals surface area contributed by atoms with Gasteiger partial charge in [0, 0.05) is 38.2 Å². The lowest BCUT2D eigenvalue weighted by Crippen LogP contribution is -2.39. The molecular weight excluding hydrogens is 360 g/mol. The molecule has 3 aromatic rings. The number of amides is 1. The predicted octanol–water partition coefficient (Wildman–Crippen LogP) is 2.64. The summed E-state index contributed by atoms with van der Waals surface area (Å²) in [5.74, 6) is 1.09. The van der Waals surface area contributed by atoms with Gasteiger partial charge in [-0.2, -0.15) is 0 Å². The van der Waals surface area contributed by atoms with Crippen molar-refractivity contribution >= 4 is 39.0 Å². The van der Waals surface area contributed by atoms with Crippen LogP contribution in [0.5, 0.6) is 0 Å². The van der Waals surface area contributed by atoms with E-state index >= 15 is 0 Å². The Hall–Kier alpha value is -2.74. The zero-order chi connectivity index (χ0) is 19.1. The number of anilines is 2. The van der Waals surface area contributed by atoms with Crippen molar-refractivity contribution in [2.24, 2.45) is 0 Å². The molecule has 1 atom stereocenters. The van der Waals surface area contributed by atoms with Crippen LogP contribution in [-0.2, 0) is 0 Å². The van der Waals surface area contributed by atoms with E-state index in [2.05, 4.69) is 19.9 Å². The van der Waals surface area contributed by atoms with Gasteiger partial charge in [0.15, 0.2) is 0 Å². The van der Waals surface area contributed by atoms with Crippen LogP contribution in [0, 0.1) is 13.8 Å². The normalized spacial score (nSPS) is 16.9. The van der Waals surface area contributed by atoms with Gasteiger partial charge in [0.1, 0.15) is 16.5 Å². The maximum Gasteiger partial charge on any atom is 0.264 e. The van der Waals surface area contributed by atoms with Gasteiger partial charge in [-0.1, -0.05) is 0 Å². The quantitative estimate of drug-likeness (QED) is 0.749. The zero-order valence-corrected chi connectivity index (χ0v) is 16.5. The lowest BCUT2D eigenvalue weighted by atomic mass is 10.1. The maximum atomic E-state index is 13.2. The molecule has 0 aromatic carbocycles. The Morgan fingerprint density at radius 2 is 2.04 bits per heavy atom. The van der Waals surface area contributed by atoms with Gasteiger partial charge in [-0.05, 0) is 38.0 Å². The van der Waals surface area contributed by atoms with Crippen molar-refractivity contribution in [3.05, 3.63) is 40.8 Å². The van der Waals surface area contributed by atoms with Crippen LogP contribution in [0.3, 0.4) is 0 Å². The van der Waals surface area contributed by atoms with Crippen molar-refractivity contribution < 1.29 is 4.79 Å². The lowest BCUT2D eigenvalue weighted by Gasteiger charge is -2.25. The average molecular weight is 382 g/mol. The molecule has 0 spiro atoms. The number of thiophene rings is 1. The van der Waals surface area contributed by atoms with Crippen LogP contribution < -0.4 is 10.6 Å². The highest BCUT2D eigenvalue weighted by Gasteiger charge is 2.31. The van der Waals surface area contributed by atoms with E-state index in [-0.39, 0.29) is 11.9 Å². The first kappa shape index (κ1) is 17.7. The fourth-order valence-electron chi connectivity index (χ4n) is 3.66. The first-order valence-corrected chi connectivity index (χ1v) is 9.72. The minimum absolute atomic E-state index is 0.0223. The standard InChI is InChI=1S/C19H22N6OS/c1-11-15-17(20)22-12(2)23-18(15)27-16(11)19(26)24(3)14-6-9-25(10-14)13-4-7-21-8-5-13/h4-5,7-8,14H,6,9-10H2,1-3H3,(H2,20,22,23). The summed E-state index contributed by atoms with van der Waals surface area (Å²) in [6.45, 7) is 5.48. The summed E-state index contributed by atoms with van der Waals surface area (Å²) in [6.07, 6.45) is 4.53. The molecule has 1 saturated heterocycles. The highest BCUT2D eigenvalue weighted by molar-refractivity contribution is 7.20. The number of hydrogen-bond donors (Lipinski definition) is 1. The molecule has 0 bridgehead atoms. The minimum Gasteiger partial charge on any atom is -0.383 e. The van der Waals surface area contributed by atoms with Crippen LogP contribution >= 0.6 is 11.3 Å². The van der Waals surface area contributed by atoms with Gasteiger partial charge in [0.05, 0.1) is 16.3 Å². The second-order valence-electron chi connectivity index (χ2n) is 6.90. The maximum absolute atomic E-state index is 13.2.